The topological polar surface area (TPSA) is 64.0 Å². The molecule has 3 aromatic rings. The summed E-state index contributed by atoms with van der Waals surface area (Å²) in [4.78, 5) is 32.4. The Kier molecular flexibility index (Phi) is 5.95. The molecule has 148 valence electrons. The van der Waals surface area contributed by atoms with Gasteiger partial charge in [-0.15, -0.1) is 11.3 Å². The summed E-state index contributed by atoms with van der Waals surface area (Å²) in [6.07, 6.45) is 0. The molecule has 0 spiro atoms. The second-order valence-corrected chi connectivity index (χ2v) is 9.70. The van der Waals surface area contributed by atoms with Crippen molar-refractivity contribution in [3.63, 3.8) is 0 Å². The molecule has 0 fully saturated rings. The molecule has 0 aliphatic heterocycles. The summed E-state index contributed by atoms with van der Waals surface area (Å²) in [5, 5.41) is 3.86. The first kappa shape index (κ1) is 20.6. The minimum absolute atomic E-state index is 0.0316. The third-order valence-electron chi connectivity index (χ3n) is 4.77. The number of hydrogen-bond acceptors (Lipinski definition) is 5. The molecule has 1 atom stereocenters. The van der Waals surface area contributed by atoms with Gasteiger partial charge in [0.25, 0.3) is 5.56 Å². The number of para-hydroxylation sites is 1. The second-order valence-electron chi connectivity index (χ2n) is 7.19. The molecule has 0 radical (unpaired) electrons. The van der Waals surface area contributed by atoms with Gasteiger partial charge >= 0.3 is 0 Å². The minimum atomic E-state index is -0.392. The minimum Gasteiger partial charge on any atom is -0.325 e. The molecule has 1 amide bonds. The Morgan fingerprint density at radius 2 is 1.86 bits per heavy atom. The number of hydrogen-bond donors (Lipinski definition) is 1. The van der Waals surface area contributed by atoms with Crippen molar-refractivity contribution in [3.8, 4) is 0 Å². The molecule has 0 bridgehead atoms. The fraction of sp³-hybridized carbons (Fsp3) is 0.381. The van der Waals surface area contributed by atoms with E-state index < -0.39 is 5.25 Å². The van der Waals surface area contributed by atoms with Crippen LogP contribution in [-0.4, -0.2) is 20.7 Å². The Labute approximate surface area is 173 Å². The Morgan fingerprint density at radius 3 is 2.50 bits per heavy atom. The van der Waals surface area contributed by atoms with E-state index in [1.165, 1.54) is 23.1 Å². The summed E-state index contributed by atoms with van der Waals surface area (Å²) < 4.78 is 1.70. The van der Waals surface area contributed by atoms with Gasteiger partial charge in [-0.25, -0.2) is 4.98 Å². The summed E-state index contributed by atoms with van der Waals surface area (Å²) in [6.45, 7) is 11.7. The zero-order valence-electron chi connectivity index (χ0n) is 17.0. The van der Waals surface area contributed by atoms with Crippen molar-refractivity contribution in [2.45, 2.75) is 58.0 Å². The molecule has 1 unspecified atom stereocenters. The molecule has 5 nitrogen and oxygen atoms in total. The van der Waals surface area contributed by atoms with Crippen LogP contribution < -0.4 is 10.9 Å². The number of fused-ring (bicyclic) bond motifs is 1. The predicted molar refractivity (Wildman–Crippen MR) is 119 cm³/mol. The second kappa shape index (κ2) is 8.09. The van der Waals surface area contributed by atoms with Gasteiger partial charge in [0.05, 0.1) is 10.6 Å². The molecule has 0 saturated heterocycles. The van der Waals surface area contributed by atoms with Crippen LogP contribution in [-0.2, 0) is 4.79 Å². The average molecular weight is 416 g/mol. The number of nitrogens with zero attached hydrogens (tertiary/aromatic N) is 2. The number of thiophene rings is 1. The maximum atomic E-state index is 13.1. The number of nitrogens with one attached hydrogen (secondary N) is 1. The molecular formula is C21H25N3O2S2. The van der Waals surface area contributed by atoms with Crippen molar-refractivity contribution in [2.75, 3.05) is 5.32 Å². The van der Waals surface area contributed by atoms with Crippen molar-refractivity contribution in [3.05, 3.63) is 50.6 Å². The summed E-state index contributed by atoms with van der Waals surface area (Å²) in [5.41, 5.74) is 2.77. The zero-order chi connectivity index (χ0) is 20.6. The van der Waals surface area contributed by atoms with Gasteiger partial charge < -0.3 is 5.32 Å². The Morgan fingerprint density at radius 1 is 1.18 bits per heavy atom. The maximum absolute atomic E-state index is 13.1. The fourth-order valence-electron chi connectivity index (χ4n) is 2.99. The lowest BCUT2D eigenvalue weighted by Crippen LogP contribution is -2.28. The molecule has 2 aromatic heterocycles. The van der Waals surface area contributed by atoms with Crippen LogP contribution in [0.5, 0.6) is 0 Å². The van der Waals surface area contributed by atoms with Gasteiger partial charge in [-0.1, -0.05) is 30.0 Å². The molecule has 2 heterocycles. The number of carbonyl (C=O) groups is 1. The van der Waals surface area contributed by atoms with Crippen LogP contribution in [0.3, 0.4) is 0 Å². The SMILES string of the molecule is Cc1ccccc1NC(=O)C(C)Sc1nc2sc(C)c(C)c2c(=O)n1C(C)C. The highest BCUT2D eigenvalue weighted by Crippen LogP contribution is 2.31. The highest BCUT2D eigenvalue weighted by Gasteiger charge is 2.23. The molecule has 1 N–H and O–H groups in total. The number of carbonyl (C=O) groups excluding carboxylic acids is 1. The van der Waals surface area contributed by atoms with E-state index in [-0.39, 0.29) is 17.5 Å². The smallest absolute Gasteiger partial charge is 0.263 e. The number of aromatic nitrogens is 2. The van der Waals surface area contributed by atoms with Gasteiger partial charge in [-0.3, -0.25) is 14.2 Å². The molecule has 1 aromatic carbocycles. The zero-order valence-corrected chi connectivity index (χ0v) is 18.6. The van der Waals surface area contributed by atoms with E-state index in [0.29, 0.717) is 10.5 Å². The van der Waals surface area contributed by atoms with Gasteiger partial charge in [0, 0.05) is 16.6 Å². The van der Waals surface area contributed by atoms with Crippen molar-refractivity contribution in [2.24, 2.45) is 0 Å². The van der Waals surface area contributed by atoms with E-state index in [0.717, 1.165) is 26.5 Å². The van der Waals surface area contributed by atoms with E-state index in [4.69, 9.17) is 4.98 Å². The number of benzene rings is 1. The predicted octanol–water partition coefficient (Wildman–Crippen LogP) is 5.08. The van der Waals surface area contributed by atoms with Gasteiger partial charge in [-0.2, -0.15) is 0 Å². The third-order valence-corrected chi connectivity index (χ3v) is 6.94. The molecule has 0 saturated carbocycles. The standard InChI is InChI=1S/C21H25N3O2S2/c1-11(2)24-20(26)17-13(4)14(5)27-19(17)23-21(24)28-15(6)18(25)22-16-10-8-7-9-12(16)3/h7-11,15H,1-6H3,(H,22,25). The monoisotopic (exact) mass is 415 g/mol. The van der Waals surface area contributed by atoms with Crippen molar-refractivity contribution >= 4 is 44.9 Å². The number of aryl methyl sites for hydroxylation is 3. The first-order chi connectivity index (χ1) is 13.2. The number of thioether (sulfide) groups is 1. The third kappa shape index (κ3) is 3.86. The number of anilines is 1. The normalized spacial score (nSPS) is 12.5. The lowest BCUT2D eigenvalue weighted by molar-refractivity contribution is -0.115. The van der Waals surface area contributed by atoms with Crippen LogP contribution in [0.15, 0.2) is 34.2 Å². The highest BCUT2D eigenvalue weighted by atomic mass is 32.2. The van der Waals surface area contributed by atoms with Crippen molar-refractivity contribution in [1.29, 1.82) is 0 Å². The maximum Gasteiger partial charge on any atom is 0.263 e. The van der Waals surface area contributed by atoms with E-state index >= 15 is 0 Å². The van der Waals surface area contributed by atoms with E-state index in [1.54, 1.807) is 4.57 Å². The van der Waals surface area contributed by atoms with Crippen LogP contribution in [0.4, 0.5) is 5.69 Å². The first-order valence-corrected chi connectivity index (χ1v) is 11.0. The molecule has 7 heteroatoms. The van der Waals surface area contributed by atoms with E-state index in [9.17, 15) is 9.59 Å². The quantitative estimate of drug-likeness (QED) is 0.466. The van der Waals surface area contributed by atoms with Crippen LogP contribution in [0.25, 0.3) is 10.2 Å². The van der Waals surface area contributed by atoms with Gasteiger partial charge in [0.1, 0.15) is 4.83 Å². The first-order valence-electron chi connectivity index (χ1n) is 9.26. The van der Waals surface area contributed by atoms with Crippen LogP contribution in [0, 0.1) is 20.8 Å². The van der Waals surface area contributed by atoms with Crippen LogP contribution in [0.1, 0.15) is 42.8 Å². The molecule has 0 aliphatic rings. The van der Waals surface area contributed by atoms with Crippen LogP contribution in [0.2, 0.25) is 0 Å². The molecule has 3 rings (SSSR count). The van der Waals surface area contributed by atoms with Crippen LogP contribution >= 0.6 is 23.1 Å². The fourth-order valence-corrected chi connectivity index (χ4v) is 5.10. The van der Waals surface area contributed by atoms with Crippen molar-refractivity contribution < 1.29 is 4.79 Å². The lowest BCUT2D eigenvalue weighted by atomic mass is 10.2. The molecule has 0 aliphatic carbocycles. The molecule has 28 heavy (non-hydrogen) atoms. The van der Waals surface area contributed by atoms with E-state index in [2.05, 4.69) is 5.32 Å². The largest absolute Gasteiger partial charge is 0.325 e. The highest BCUT2D eigenvalue weighted by molar-refractivity contribution is 8.00. The summed E-state index contributed by atoms with van der Waals surface area (Å²) in [7, 11) is 0. The Bertz CT molecular complexity index is 1100. The number of rotatable bonds is 5. The Hall–Kier alpha value is -2.12. The van der Waals surface area contributed by atoms with Gasteiger partial charge in [0.2, 0.25) is 5.91 Å². The van der Waals surface area contributed by atoms with Gasteiger partial charge in [0.15, 0.2) is 5.16 Å². The van der Waals surface area contributed by atoms with E-state index in [1.807, 2.05) is 65.8 Å². The average Bonchev–Trinajstić information content (AvgIpc) is 2.90. The Balaban J connectivity index is 1.94. The summed E-state index contributed by atoms with van der Waals surface area (Å²) in [5.74, 6) is -0.109. The van der Waals surface area contributed by atoms with Gasteiger partial charge in [-0.05, 0) is 58.7 Å². The number of amides is 1. The summed E-state index contributed by atoms with van der Waals surface area (Å²) in [6, 6.07) is 7.64. The van der Waals surface area contributed by atoms with Crippen molar-refractivity contribution in [1.82, 2.24) is 9.55 Å². The summed E-state index contributed by atoms with van der Waals surface area (Å²) >= 11 is 2.85. The lowest BCUT2D eigenvalue weighted by Gasteiger charge is -2.18. The molecular weight excluding hydrogens is 390 g/mol.